The van der Waals surface area contributed by atoms with Crippen LogP contribution in [-0.2, 0) is 4.79 Å². The van der Waals surface area contributed by atoms with Gasteiger partial charge in [-0.25, -0.2) is 9.07 Å². The lowest BCUT2D eigenvalue weighted by Gasteiger charge is -2.22. The van der Waals surface area contributed by atoms with Gasteiger partial charge in [0.05, 0.1) is 11.3 Å². The zero-order valence-electron chi connectivity index (χ0n) is 16.0. The molecule has 1 aliphatic heterocycles. The van der Waals surface area contributed by atoms with E-state index in [2.05, 4.69) is 15.7 Å². The highest BCUT2D eigenvalue weighted by Gasteiger charge is 2.26. The van der Waals surface area contributed by atoms with Gasteiger partial charge in [0.25, 0.3) is 5.91 Å². The van der Waals surface area contributed by atoms with E-state index in [9.17, 15) is 14.0 Å². The van der Waals surface area contributed by atoms with Gasteiger partial charge < -0.3 is 10.6 Å². The zero-order valence-corrected chi connectivity index (χ0v) is 16.0. The minimum absolute atomic E-state index is 0.173. The molecule has 0 bridgehead atoms. The van der Waals surface area contributed by atoms with Crippen molar-refractivity contribution in [1.82, 2.24) is 20.4 Å². The third-order valence-corrected chi connectivity index (χ3v) is 4.93. The average Bonchev–Trinajstić information content (AvgIpc) is 3.16. The molecule has 0 radical (unpaired) electrons. The fourth-order valence-electron chi connectivity index (χ4n) is 3.42. The van der Waals surface area contributed by atoms with Gasteiger partial charge in [-0.05, 0) is 50.1 Å². The lowest BCUT2D eigenvalue weighted by atomic mass is 10.0. The van der Waals surface area contributed by atoms with Crippen LogP contribution in [0.1, 0.15) is 28.8 Å². The number of nitrogens with one attached hydrogen (secondary N) is 2. The highest BCUT2D eigenvalue weighted by Crippen LogP contribution is 2.25. The number of benzene rings is 2. The van der Waals surface area contributed by atoms with Gasteiger partial charge in [0, 0.05) is 18.3 Å². The van der Waals surface area contributed by atoms with Crippen LogP contribution in [0.25, 0.3) is 16.9 Å². The van der Waals surface area contributed by atoms with Crippen LogP contribution in [-0.4, -0.2) is 34.2 Å². The Bertz CT molecular complexity index is 1060. The molecule has 1 saturated heterocycles. The third-order valence-electron chi connectivity index (χ3n) is 4.93. The topological polar surface area (TPSA) is 76.0 Å². The van der Waals surface area contributed by atoms with E-state index in [4.69, 9.17) is 0 Å². The number of halogens is 1. The molecule has 1 aliphatic rings. The molecule has 1 atom stereocenters. The number of carbonyl (C=O) groups is 2. The molecule has 0 spiro atoms. The van der Waals surface area contributed by atoms with Crippen molar-refractivity contribution in [2.45, 2.75) is 25.8 Å². The van der Waals surface area contributed by atoms with Crippen LogP contribution >= 0.6 is 0 Å². The van der Waals surface area contributed by atoms with Gasteiger partial charge in [0.2, 0.25) is 5.91 Å². The molecule has 3 aromatic rings. The minimum Gasteiger partial charge on any atom is -0.354 e. The monoisotopic (exact) mass is 392 g/mol. The van der Waals surface area contributed by atoms with Gasteiger partial charge >= 0.3 is 0 Å². The maximum atomic E-state index is 13.3. The van der Waals surface area contributed by atoms with E-state index in [0.717, 1.165) is 17.5 Å². The van der Waals surface area contributed by atoms with E-state index in [1.54, 1.807) is 23.0 Å². The van der Waals surface area contributed by atoms with Crippen molar-refractivity contribution in [2.24, 2.45) is 0 Å². The lowest BCUT2D eigenvalue weighted by Crippen LogP contribution is -2.50. The Morgan fingerprint density at radius 1 is 1.24 bits per heavy atom. The Hall–Kier alpha value is -3.48. The van der Waals surface area contributed by atoms with Crippen molar-refractivity contribution in [1.29, 1.82) is 0 Å². The Morgan fingerprint density at radius 2 is 2.03 bits per heavy atom. The van der Waals surface area contributed by atoms with E-state index in [1.165, 1.54) is 12.1 Å². The number of rotatable bonds is 4. The van der Waals surface area contributed by atoms with E-state index >= 15 is 0 Å². The number of nitrogens with zero attached hydrogens (tertiary/aromatic N) is 2. The first-order valence-corrected chi connectivity index (χ1v) is 9.52. The highest BCUT2D eigenvalue weighted by molar-refractivity contribution is 6.02. The summed E-state index contributed by atoms with van der Waals surface area (Å²) in [7, 11) is 0. The molecule has 0 aliphatic carbocycles. The SMILES string of the molecule is Cc1cccc(-c2nn(-c3ccc(F)cc3)cc2C(=O)NC2CCCNC2=O)c1. The number of hydrogen-bond donors (Lipinski definition) is 2. The van der Waals surface area contributed by atoms with Gasteiger partial charge in [0.1, 0.15) is 17.6 Å². The molecular weight excluding hydrogens is 371 g/mol. The minimum atomic E-state index is -0.559. The summed E-state index contributed by atoms with van der Waals surface area (Å²) in [4.78, 5) is 25.1. The van der Waals surface area contributed by atoms with Crippen molar-refractivity contribution < 1.29 is 14.0 Å². The molecule has 4 rings (SSSR count). The molecular formula is C22H21FN4O2. The number of hydrogen-bond acceptors (Lipinski definition) is 3. The number of amides is 2. The molecule has 6 nitrogen and oxygen atoms in total. The van der Waals surface area contributed by atoms with E-state index < -0.39 is 6.04 Å². The number of aromatic nitrogens is 2. The summed E-state index contributed by atoms with van der Waals surface area (Å²) < 4.78 is 14.8. The number of piperidine rings is 1. The molecule has 1 unspecified atom stereocenters. The van der Waals surface area contributed by atoms with Crippen molar-refractivity contribution in [2.75, 3.05) is 6.54 Å². The summed E-state index contributed by atoms with van der Waals surface area (Å²) in [5, 5.41) is 10.2. The first-order valence-electron chi connectivity index (χ1n) is 9.52. The van der Waals surface area contributed by atoms with Crippen molar-refractivity contribution in [3.63, 3.8) is 0 Å². The Balaban J connectivity index is 1.73. The molecule has 1 aromatic heterocycles. The Morgan fingerprint density at radius 3 is 2.76 bits per heavy atom. The standard InChI is InChI=1S/C22H21FN4O2/c1-14-4-2-5-15(12-14)20-18(21(28)25-19-6-3-11-24-22(19)29)13-27(26-20)17-9-7-16(23)8-10-17/h2,4-5,7-10,12-13,19H,3,6,11H2,1H3,(H,24,29)(H,25,28). The van der Waals surface area contributed by atoms with Crippen LogP contribution in [0.3, 0.4) is 0 Å². The van der Waals surface area contributed by atoms with Gasteiger partial charge in [-0.15, -0.1) is 0 Å². The second kappa shape index (κ2) is 7.87. The van der Waals surface area contributed by atoms with E-state index in [1.807, 2.05) is 31.2 Å². The van der Waals surface area contributed by atoms with Crippen LogP contribution in [0.5, 0.6) is 0 Å². The maximum Gasteiger partial charge on any atom is 0.255 e. The van der Waals surface area contributed by atoms with Gasteiger partial charge in [-0.1, -0.05) is 23.8 Å². The van der Waals surface area contributed by atoms with Crippen molar-refractivity contribution in [3.05, 3.63) is 71.7 Å². The predicted octanol–water partition coefficient (Wildman–Crippen LogP) is 3.00. The largest absolute Gasteiger partial charge is 0.354 e. The third kappa shape index (κ3) is 4.03. The fourth-order valence-corrected chi connectivity index (χ4v) is 3.42. The van der Waals surface area contributed by atoms with Gasteiger partial charge in [0.15, 0.2) is 0 Å². The molecule has 2 heterocycles. The second-order valence-corrected chi connectivity index (χ2v) is 7.14. The molecule has 2 amide bonds. The van der Waals surface area contributed by atoms with Crippen molar-refractivity contribution in [3.8, 4) is 16.9 Å². The quantitative estimate of drug-likeness (QED) is 0.717. The van der Waals surface area contributed by atoms with Gasteiger partial charge in [-0.3, -0.25) is 9.59 Å². The van der Waals surface area contributed by atoms with Crippen LogP contribution in [0, 0.1) is 12.7 Å². The van der Waals surface area contributed by atoms with E-state index in [-0.39, 0.29) is 17.6 Å². The maximum absolute atomic E-state index is 13.3. The molecule has 148 valence electrons. The van der Waals surface area contributed by atoms with Crippen molar-refractivity contribution >= 4 is 11.8 Å². The molecule has 29 heavy (non-hydrogen) atoms. The highest BCUT2D eigenvalue weighted by atomic mass is 19.1. The summed E-state index contributed by atoms with van der Waals surface area (Å²) in [5.74, 6) is -0.884. The van der Waals surface area contributed by atoms with E-state index in [0.29, 0.717) is 29.9 Å². The summed E-state index contributed by atoms with van der Waals surface area (Å²) in [5.41, 5.74) is 3.33. The lowest BCUT2D eigenvalue weighted by molar-refractivity contribution is -0.124. The summed E-state index contributed by atoms with van der Waals surface area (Å²) in [6.45, 7) is 2.59. The normalized spacial score (nSPS) is 16.3. The molecule has 7 heteroatoms. The number of aryl methyl sites for hydroxylation is 1. The first-order chi connectivity index (χ1) is 14.0. The molecule has 0 saturated carbocycles. The van der Waals surface area contributed by atoms with Crippen LogP contribution < -0.4 is 10.6 Å². The molecule has 2 aromatic carbocycles. The smallest absolute Gasteiger partial charge is 0.255 e. The average molecular weight is 392 g/mol. The summed E-state index contributed by atoms with van der Waals surface area (Å²) in [6, 6.07) is 13.0. The first kappa shape index (κ1) is 18.9. The van der Waals surface area contributed by atoms with Crippen LogP contribution in [0.15, 0.2) is 54.7 Å². The Labute approximate surface area is 167 Å². The van der Waals surface area contributed by atoms with Crippen LogP contribution in [0.2, 0.25) is 0 Å². The number of carbonyl (C=O) groups excluding carboxylic acids is 2. The Kier molecular flexibility index (Phi) is 5.12. The zero-order chi connectivity index (χ0) is 20.4. The summed E-state index contributed by atoms with van der Waals surface area (Å²) >= 11 is 0. The van der Waals surface area contributed by atoms with Crippen LogP contribution in [0.4, 0.5) is 4.39 Å². The fraction of sp³-hybridized carbons (Fsp3) is 0.227. The summed E-state index contributed by atoms with van der Waals surface area (Å²) in [6.07, 6.45) is 3.03. The second-order valence-electron chi connectivity index (χ2n) is 7.14. The molecule has 2 N–H and O–H groups in total. The molecule has 1 fully saturated rings. The predicted molar refractivity (Wildman–Crippen MR) is 107 cm³/mol. The van der Waals surface area contributed by atoms with Gasteiger partial charge in [-0.2, -0.15) is 5.10 Å².